The lowest BCUT2D eigenvalue weighted by Gasteiger charge is -2.20. The molecule has 0 saturated carbocycles. The molecule has 2 heterocycles. The molecular weight excluding hydrogens is 258 g/mol. The molecule has 1 aliphatic heterocycles. The summed E-state index contributed by atoms with van der Waals surface area (Å²) < 4.78 is 5.04. The van der Waals surface area contributed by atoms with Gasteiger partial charge in [-0.3, -0.25) is 4.79 Å². The van der Waals surface area contributed by atoms with Crippen molar-refractivity contribution in [3.63, 3.8) is 0 Å². The van der Waals surface area contributed by atoms with Crippen molar-refractivity contribution in [1.82, 2.24) is 4.90 Å². The molecule has 2 rings (SSSR count). The molecule has 18 heavy (non-hydrogen) atoms. The third kappa shape index (κ3) is 2.19. The largest absolute Gasteiger partial charge is 0.495 e. The van der Waals surface area contributed by atoms with E-state index in [9.17, 15) is 14.7 Å². The minimum Gasteiger partial charge on any atom is -0.495 e. The first kappa shape index (κ1) is 12.8. The number of methoxy groups -OCH3 is 1. The van der Waals surface area contributed by atoms with Crippen LogP contribution >= 0.6 is 11.3 Å². The first-order valence-electron chi connectivity index (χ1n) is 5.38. The maximum absolute atomic E-state index is 12.2. The molecule has 1 aliphatic rings. The lowest BCUT2D eigenvalue weighted by Crippen LogP contribution is -2.40. The smallest absolute Gasteiger partial charge is 0.326 e. The molecule has 0 spiro atoms. The van der Waals surface area contributed by atoms with Gasteiger partial charge in [0.25, 0.3) is 5.91 Å². The number of carboxylic acids is 1. The van der Waals surface area contributed by atoms with Crippen LogP contribution in [0.1, 0.15) is 16.1 Å². The fraction of sp³-hybridized carbons (Fsp3) is 0.455. The van der Waals surface area contributed by atoms with Gasteiger partial charge in [0.2, 0.25) is 0 Å². The minimum absolute atomic E-state index is 0.0385. The number of carbonyl (C=O) groups is 2. The zero-order chi connectivity index (χ0) is 13.3. The SMILES string of the molecule is COc1ccsc1C(=O)N1C[C@@H](O)C[C@H]1C(=O)O. The Bertz CT molecular complexity index is 472. The Balaban J connectivity index is 2.25. The van der Waals surface area contributed by atoms with Gasteiger partial charge >= 0.3 is 5.97 Å². The molecule has 0 radical (unpaired) electrons. The van der Waals surface area contributed by atoms with Crippen molar-refractivity contribution in [2.24, 2.45) is 0 Å². The summed E-state index contributed by atoms with van der Waals surface area (Å²) in [6.45, 7) is 0.0385. The van der Waals surface area contributed by atoms with Crippen molar-refractivity contribution in [3.05, 3.63) is 16.3 Å². The monoisotopic (exact) mass is 271 g/mol. The number of aliphatic carboxylic acids is 1. The minimum atomic E-state index is -1.10. The number of carboxylic acid groups (broad SMARTS) is 1. The van der Waals surface area contributed by atoms with E-state index < -0.39 is 24.0 Å². The van der Waals surface area contributed by atoms with Crippen LogP contribution in [0.15, 0.2) is 11.4 Å². The van der Waals surface area contributed by atoms with Gasteiger partial charge in [-0.1, -0.05) is 0 Å². The average molecular weight is 271 g/mol. The van der Waals surface area contributed by atoms with E-state index in [1.807, 2.05) is 0 Å². The van der Waals surface area contributed by atoms with Gasteiger partial charge < -0.3 is 19.8 Å². The number of ether oxygens (including phenoxy) is 1. The number of thiophene rings is 1. The molecule has 0 aliphatic carbocycles. The summed E-state index contributed by atoms with van der Waals surface area (Å²) >= 11 is 1.19. The predicted octanol–water partition coefficient (Wildman–Crippen LogP) is 0.417. The summed E-state index contributed by atoms with van der Waals surface area (Å²) in [6, 6.07) is 0.680. The van der Waals surface area contributed by atoms with Crippen LogP contribution in [0.5, 0.6) is 5.75 Å². The number of amides is 1. The van der Waals surface area contributed by atoms with Gasteiger partial charge in [0.15, 0.2) is 0 Å². The molecule has 1 aromatic heterocycles. The van der Waals surface area contributed by atoms with Gasteiger partial charge in [-0.05, 0) is 11.4 Å². The summed E-state index contributed by atoms with van der Waals surface area (Å²) in [5.41, 5.74) is 0. The molecule has 0 unspecified atom stereocenters. The molecule has 6 nitrogen and oxygen atoms in total. The van der Waals surface area contributed by atoms with Gasteiger partial charge in [0, 0.05) is 13.0 Å². The zero-order valence-electron chi connectivity index (χ0n) is 9.70. The number of hydrogen-bond acceptors (Lipinski definition) is 5. The van der Waals surface area contributed by atoms with Gasteiger partial charge in [-0.25, -0.2) is 4.79 Å². The van der Waals surface area contributed by atoms with Crippen molar-refractivity contribution < 1.29 is 24.5 Å². The number of β-amino-alcohol motifs (C(OH)–C–C–N with tert-alkyl or cyclic N) is 1. The fourth-order valence-corrected chi connectivity index (χ4v) is 2.83. The Morgan fingerprint density at radius 1 is 1.56 bits per heavy atom. The number of aliphatic hydroxyl groups is 1. The number of carbonyl (C=O) groups excluding carboxylic acids is 1. The highest BCUT2D eigenvalue weighted by atomic mass is 32.1. The van der Waals surface area contributed by atoms with Crippen molar-refractivity contribution >= 4 is 23.2 Å². The second kappa shape index (κ2) is 4.95. The number of rotatable bonds is 3. The molecule has 7 heteroatoms. The second-order valence-corrected chi connectivity index (χ2v) is 4.94. The molecule has 1 amide bonds. The quantitative estimate of drug-likeness (QED) is 0.831. The number of likely N-dealkylation sites (tertiary alicyclic amines) is 1. The van der Waals surface area contributed by atoms with Crippen LogP contribution in [0.25, 0.3) is 0 Å². The zero-order valence-corrected chi connectivity index (χ0v) is 10.5. The highest BCUT2D eigenvalue weighted by Crippen LogP contribution is 2.29. The predicted molar refractivity (Wildman–Crippen MR) is 64.0 cm³/mol. The van der Waals surface area contributed by atoms with Crippen LogP contribution in [0.3, 0.4) is 0 Å². The van der Waals surface area contributed by atoms with E-state index in [2.05, 4.69) is 0 Å². The normalized spacial score (nSPS) is 23.1. The van der Waals surface area contributed by atoms with E-state index in [0.717, 1.165) is 0 Å². The van der Waals surface area contributed by atoms with E-state index in [-0.39, 0.29) is 13.0 Å². The molecule has 1 aromatic rings. The van der Waals surface area contributed by atoms with Crippen molar-refractivity contribution in [2.45, 2.75) is 18.6 Å². The van der Waals surface area contributed by atoms with Crippen LogP contribution < -0.4 is 4.74 Å². The Morgan fingerprint density at radius 3 is 2.89 bits per heavy atom. The maximum Gasteiger partial charge on any atom is 0.326 e. The van der Waals surface area contributed by atoms with Gasteiger partial charge in [-0.2, -0.15) is 0 Å². The first-order valence-corrected chi connectivity index (χ1v) is 6.26. The molecule has 2 atom stereocenters. The van der Waals surface area contributed by atoms with E-state index in [4.69, 9.17) is 9.84 Å². The van der Waals surface area contributed by atoms with Crippen LogP contribution in [0.4, 0.5) is 0 Å². The summed E-state index contributed by atoms with van der Waals surface area (Å²) in [4.78, 5) is 24.8. The summed E-state index contributed by atoms with van der Waals surface area (Å²) in [6.07, 6.45) is -0.726. The fourth-order valence-electron chi connectivity index (χ4n) is 2.02. The Hall–Kier alpha value is -1.60. The van der Waals surface area contributed by atoms with E-state index in [0.29, 0.717) is 10.6 Å². The molecule has 1 saturated heterocycles. The summed E-state index contributed by atoms with van der Waals surface area (Å²) in [5.74, 6) is -1.09. The number of aliphatic hydroxyl groups excluding tert-OH is 1. The highest BCUT2D eigenvalue weighted by molar-refractivity contribution is 7.12. The Kier molecular flexibility index (Phi) is 3.53. The van der Waals surface area contributed by atoms with Crippen LogP contribution in [-0.4, -0.2) is 52.8 Å². The Labute approximate surface area is 107 Å². The number of nitrogens with zero attached hydrogens (tertiary/aromatic N) is 1. The van der Waals surface area contributed by atoms with Gasteiger partial charge in [0.05, 0.1) is 13.2 Å². The average Bonchev–Trinajstić information content (AvgIpc) is 2.93. The topological polar surface area (TPSA) is 87.1 Å². The third-order valence-electron chi connectivity index (χ3n) is 2.87. The maximum atomic E-state index is 12.2. The molecular formula is C11H13NO5S. The van der Waals surface area contributed by atoms with Crippen LogP contribution in [0, 0.1) is 0 Å². The van der Waals surface area contributed by atoms with Gasteiger partial charge in [0.1, 0.15) is 16.7 Å². The van der Waals surface area contributed by atoms with Crippen molar-refractivity contribution in [2.75, 3.05) is 13.7 Å². The molecule has 0 aromatic carbocycles. The molecule has 2 N–H and O–H groups in total. The van der Waals surface area contributed by atoms with Crippen molar-refractivity contribution in [1.29, 1.82) is 0 Å². The van der Waals surface area contributed by atoms with Gasteiger partial charge in [-0.15, -0.1) is 11.3 Å². The number of hydrogen-bond donors (Lipinski definition) is 2. The van der Waals surface area contributed by atoms with Crippen LogP contribution in [-0.2, 0) is 4.79 Å². The Morgan fingerprint density at radius 2 is 2.28 bits per heavy atom. The molecule has 98 valence electrons. The lowest BCUT2D eigenvalue weighted by molar-refractivity contribution is -0.141. The summed E-state index contributed by atoms with van der Waals surface area (Å²) in [7, 11) is 1.45. The first-order chi connectivity index (χ1) is 8.54. The lowest BCUT2D eigenvalue weighted by atomic mass is 10.2. The standard InChI is InChI=1S/C11H13NO5S/c1-17-8-2-3-18-9(8)10(14)12-5-6(13)4-7(12)11(15)16/h2-3,6-7,13H,4-5H2,1H3,(H,15,16)/t6-,7-/m0/s1. The van der Waals surface area contributed by atoms with E-state index in [1.165, 1.54) is 23.3 Å². The van der Waals surface area contributed by atoms with E-state index in [1.54, 1.807) is 11.4 Å². The highest BCUT2D eigenvalue weighted by Gasteiger charge is 2.40. The molecule has 0 bridgehead atoms. The van der Waals surface area contributed by atoms with E-state index >= 15 is 0 Å². The van der Waals surface area contributed by atoms with Crippen molar-refractivity contribution in [3.8, 4) is 5.75 Å². The second-order valence-electron chi connectivity index (χ2n) is 4.02. The summed E-state index contributed by atoms with van der Waals surface area (Å²) in [5, 5.41) is 20.3. The van der Waals surface area contributed by atoms with Crippen LogP contribution in [0.2, 0.25) is 0 Å². The molecule has 1 fully saturated rings. The third-order valence-corrected chi connectivity index (χ3v) is 3.75.